The van der Waals surface area contributed by atoms with Crippen LogP contribution in [-0.2, 0) is 0 Å². The number of nitrogens with zero attached hydrogens (tertiary/aromatic N) is 1. The van der Waals surface area contributed by atoms with E-state index < -0.39 is 0 Å². The summed E-state index contributed by atoms with van der Waals surface area (Å²) < 4.78 is 2.43. The highest BCUT2D eigenvalue weighted by molar-refractivity contribution is 6.10. The molecule has 0 atom stereocenters. The van der Waals surface area contributed by atoms with Gasteiger partial charge in [0.15, 0.2) is 0 Å². The van der Waals surface area contributed by atoms with Crippen LogP contribution in [0.3, 0.4) is 0 Å². The smallest absolute Gasteiger partial charge is 0.0541 e. The summed E-state index contributed by atoms with van der Waals surface area (Å²) in [5, 5.41) is 6.22. The standard InChI is InChI=1S/C54H38N2/c1-5-16-38(17-6-1)42-24-15-25-47(33-42)55-52-30-28-43(36-50(52)41-22-11-4-12-23-41)44-29-31-54-51(37-44)49-26-13-14-27-53(49)56(54)48-34-45(39-18-7-2-8-19-39)32-46(35-48)40-20-9-3-10-21-40/h1-37,55H. The molecular weight excluding hydrogens is 677 g/mol. The number of fused-ring (bicyclic) bond motifs is 3. The zero-order chi connectivity index (χ0) is 37.3. The first kappa shape index (κ1) is 33.2. The van der Waals surface area contributed by atoms with E-state index >= 15 is 0 Å². The summed E-state index contributed by atoms with van der Waals surface area (Å²) in [6.45, 7) is 0. The highest BCUT2D eigenvalue weighted by Crippen LogP contribution is 2.40. The third kappa shape index (κ3) is 6.34. The van der Waals surface area contributed by atoms with E-state index in [1.807, 2.05) is 0 Å². The Kier molecular flexibility index (Phi) is 8.55. The zero-order valence-corrected chi connectivity index (χ0v) is 30.8. The molecule has 2 nitrogen and oxygen atoms in total. The van der Waals surface area contributed by atoms with E-state index in [-0.39, 0.29) is 0 Å². The van der Waals surface area contributed by atoms with E-state index in [1.165, 1.54) is 71.9 Å². The maximum absolute atomic E-state index is 3.76. The van der Waals surface area contributed by atoms with Gasteiger partial charge in [-0.3, -0.25) is 0 Å². The van der Waals surface area contributed by atoms with Crippen LogP contribution in [0.25, 0.3) is 83.1 Å². The van der Waals surface area contributed by atoms with Gasteiger partial charge in [-0.15, -0.1) is 0 Å². The molecule has 0 radical (unpaired) electrons. The van der Waals surface area contributed by atoms with E-state index in [0.29, 0.717) is 0 Å². The molecule has 0 spiro atoms. The number of nitrogens with one attached hydrogen (secondary N) is 1. The van der Waals surface area contributed by atoms with Crippen molar-refractivity contribution in [3.8, 4) is 61.3 Å². The second-order valence-corrected chi connectivity index (χ2v) is 14.3. The first-order valence-corrected chi connectivity index (χ1v) is 19.2. The largest absolute Gasteiger partial charge is 0.355 e. The van der Waals surface area contributed by atoms with Gasteiger partial charge in [-0.05, 0) is 111 Å². The van der Waals surface area contributed by atoms with Crippen molar-refractivity contribution in [2.45, 2.75) is 0 Å². The van der Waals surface area contributed by atoms with Gasteiger partial charge in [0, 0.05) is 33.4 Å². The quantitative estimate of drug-likeness (QED) is 0.166. The van der Waals surface area contributed by atoms with Gasteiger partial charge in [-0.25, -0.2) is 0 Å². The van der Waals surface area contributed by atoms with Gasteiger partial charge in [0.05, 0.1) is 11.0 Å². The predicted molar refractivity (Wildman–Crippen MR) is 238 cm³/mol. The summed E-state index contributed by atoms with van der Waals surface area (Å²) in [5.74, 6) is 0. The zero-order valence-electron chi connectivity index (χ0n) is 30.8. The van der Waals surface area contributed by atoms with Crippen LogP contribution in [0.15, 0.2) is 224 Å². The van der Waals surface area contributed by atoms with Crippen molar-refractivity contribution < 1.29 is 0 Å². The number of benzene rings is 9. The summed E-state index contributed by atoms with van der Waals surface area (Å²) in [7, 11) is 0. The van der Waals surface area contributed by atoms with E-state index in [4.69, 9.17) is 0 Å². The van der Waals surface area contributed by atoms with E-state index in [2.05, 4.69) is 234 Å². The highest BCUT2D eigenvalue weighted by Gasteiger charge is 2.16. The molecule has 1 aromatic heterocycles. The first-order chi connectivity index (χ1) is 27.7. The SMILES string of the molecule is c1ccc(-c2cccc(Nc3ccc(-c4ccc5c(c4)c4ccccc4n5-c4cc(-c5ccccc5)cc(-c5ccccc5)c4)cc3-c3ccccc3)c2)cc1. The summed E-state index contributed by atoms with van der Waals surface area (Å²) in [4.78, 5) is 0. The second-order valence-electron chi connectivity index (χ2n) is 14.3. The van der Waals surface area contributed by atoms with Crippen molar-refractivity contribution in [1.29, 1.82) is 0 Å². The second kappa shape index (κ2) is 14.4. The van der Waals surface area contributed by atoms with Crippen molar-refractivity contribution in [2.24, 2.45) is 0 Å². The molecule has 0 aliphatic carbocycles. The van der Waals surface area contributed by atoms with Crippen molar-refractivity contribution in [3.63, 3.8) is 0 Å². The molecule has 0 amide bonds. The molecule has 0 saturated heterocycles. The Morgan fingerprint density at radius 3 is 1.45 bits per heavy atom. The Morgan fingerprint density at radius 1 is 0.286 bits per heavy atom. The molecule has 9 aromatic carbocycles. The molecule has 10 rings (SSSR count). The van der Waals surface area contributed by atoms with Crippen LogP contribution in [0.5, 0.6) is 0 Å². The summed E-state index contributed by atoms with van der Waals surface area (Å²) in [6.07, 6.45) is 0. The molecular formula is C54H38N2. The number of hydrogen-bond donors (Lipinski definition) is 1. The number of anilines is 2. The lowest BCUT2D eigenvalue weighted by atomic mass is 9.96. The third-order valence-electron chi connectivity index (χ3n) is 10.7. The predicted octanol–water partition coefficient (Wildman–Crippen LogP) is 14.9. The Labute approximate surface area is 327 Å². The molecule has 10 aromatic rings. The number of aromatic nitrogens is 1. The maximum atomic E-state index is 3.76. The maximum Gasteiger partial charge on any atom is 0.0541 e. The average Bonchev–Trinajstić information content (AvgIpc) is 3.61. The van der Waals surface area contributed by atoms with Crippen molar-refractivity contribution in [3.05, 3.63) is 224 Å². The molecule has 0 aliphatic heterocycles. The van der Waals surface area contributed by atoms with Crippen LogP contribution in [0.1, 0.15) is 0 Å². The minimum absolute atomic E-state index is 1.05. The minimum atomic E-state index is 1.05. The molecule has 0 aliphatic rings. The Morgan fingerprint density at radius 2 is 0.786 bits per heavy atom. The van der Waals surface area contributed by atoms with Crippen molar-refractivity contribution in [1.82, 2.24) is 4.57 Å². The van der Waals surface area contributed by atoms with Crippen LogP contribution in [0.2, 0.25) is 0 Å². The van der Waals surface area contributed by atoms with E-state index in [9.17, 15) is 0 Å². The lowest BCUT2D eigenvalue weighted by Crippen LogP contribution is -1.96. The van der Waals surface area contributed by atoms with Crippen LogP contribution in [0, 0.1) is 0 Å². The van der Waals surface area contributed by atoms with Gasteiger partial charge in [-0.2, -0.15) is 0 Å². The average molecular weight is 715 g/mol. The van der Waals surface area contributed by atoms with Crippen LogP contribution < -0.4 is 5.32 Å². The fourth-order valence-electron chi connectivity index (χ4n) is 8.02. The third-order valence-corrected chi connectivity index (χ3v) is 10.7. The van der Waals surface area contributed by atoms with Crippen molar-refractivity contribution >= 4 is 33.2 Å². The van der Waals surface area contributed by atoms with Crippen LogP contribution in [-0.4, -0.2) is 4.57 Å². The minimum Gasteiger partial charge on any atom is -0.355 e. The summed E-state index contributed by atoms with van der Waals surface area (Å²) in [5.41, 5.74) is 17.5. The molecule has 264 valence electrons. The molecule has 0 fully saturated rings. The molecule has 56 heavy (non-hydrogen) atoms. The Hall–Kier alpha value is -7.42. The van der Waals surface area contributed by atoms with Gasteiger partial charge in [0.1, 0.15) is 0 Å². The van der Waals surface area contributed by atoms with E-state index in [0.717, 1.165) is 22.6 Å². The monoisotopic (exact) mass is 714 g/mol. The number of hydrogen-bond acceptors (Lipinski definition) is 1. The lowest BCUT2D eigenvalue weighted by Gasteiger charge is -2.16. The molecule has 0 unspecified atom stereocenters. The van der Waals surface area contributed by atoms with E-state index in [1.54, 1.807) is 0 Å². The van der Waals surface area contributed by atoms with Crippen LogP contribution in [0.4, 0.5) is 11.4 Å². The molecule has 1 N–H and O–H groups in total. The first-order valence-electron chi connectivity index (χ1n) is 19.2. The lowest BCUT2D eigenvalue weighted by molar-refractivity contribution is 1.18. The molecule has 0 bridgehead atoms. The topological polar surface area (TPSA) is 17.0 Å². The molecule has 0 saturated carbocycles. The Bertz CT molecular complexity index is 2910. The molecule has 2 heteroatoms. The Balaban J connectivity index is 1.09. The number of rotatable bonds is 8. The van der Waals surface area contributed by atoms with Gasteiger partial charge >= 0.3 is 0 Å². The number of para-hydroxylation sites is 1. The highest BCUT2D eigenvalue weighted by atomic mass is 15.0. The van der Waals surface area contributed by atoms with Crippen LogP contribution >= 0.6 is 0 Å². The summed E-state index contributed by atoms with van der Waals surface area (Å²) >= 11 is 0. The van der Waals surface area contributed by atoms with Gasteiger partial charge in [-0.1, -0.05) is 164 Å². The van der Waals surface area contributed by atoms with Crippen molar-refractivity contribution in [2.75, 3.05) is 5.32 Å². The fourth-order valence-corrected chi connectivity index (χ4v) is 8.02. The molecule has 1 heterocycles. The summed E-state index contributed by atoms with van der Waals surface area (Å²) in [6, 6.07) is 80.7. The van der Waals surface area contributed by atoms with Gasteiger partial charge < -0.3 is 9.88 Å². The normalized spacial score (nSPS) is 11.2. The van der Waals surface area contributed by atoms with Gasteiger partial charge in [0.25, 0.3) is 0 Å². The van der Waals surface area contributed by atoms with Gasteiger partial charge in [0.2, 0.25) is 0 Å². The fraction of sp³-hybridized carbons (Fsp3) is 0.